The summed E-state index contributed by atoms with van der Waals surface area (Å²) >= 11 is 0. The van der Waals surface area contributed by atoms with Gasteiger partial charge >= 0.3 is 0 Å². The molecule has 0 radical (unpaired) electrons. The molecule has 1 atom stereocenters. The summed E-state index contributed by atoms with van der Waals surface area (Å²) in [7, 11) is 1.28. The highest BCUT2D eigenvalue weighted by Crippen LogP contribution is 2.13. The maximum absolute atomic E-state index is 10.8. The fraction of sp³-hybridized carbons (Fsp3) is 0.286. The summed E-state index contributed by atoms with van der Waals surface area (Å²) in [4.78, 5) is 10.8. The molecule has 0 saturated carbocycles. The molecule has 0 aliphatic heterocycles. The first-order chi connectivity index (χ1) is 4.69. The van der Waals surface area contributed by atoms with Crippen LogP contribution in [0, 0.1) is 0 Å². The van der Waals surface area contributed by atoms with Gasteiger partial charge < -0.3 is 9.84 Å². The Morgan fingerprint density at radius 2 is 2.30 bits per heavy atom. The van der Waals surface area contributed by atoms with Crippen LogP contribution in [-0.4, -0.2) is 23.8 Å². The van der Waals surface area contributed by atoms with Crippen LogP contribution in [0.5, 0.6) is 0 Å². The summed E-state index contributed by atoms with van der Waals surface area (Å²) in [5.74, 6) is -2.17. The third-order valence-electron chi connectivity index (χ3n) is 1.35. The van der Waals surface area contributed by atoms with Crippen molar-refractivity contribution in [1.82, 2.24) is 0 Å². The van der Waals surface area contributed by atoms with Gasteiger partial charge in [0.05, 0.1) is 0 Å². The van der Waals surface area contributed by atoms with E-state index in [0.717, 1.165) is 0 Å². The zero-order chi connectivity index (χ0) is 7.61. The minimum atomic E-state index is -1.73. The zero-order valence-electron chi connectivity index (χ0n) is 5.57. The number of rotatable bonds is 1. The maximum Gasteiger partial charge on any atom is 0.251 e. The molecule has 1 rings (SSSR count). The molecule has 0 saturated heterocycles. The summed E-state index contributed by atoms with van der Waals surface area (Å²) in [6, 6.07) is 0. The Hall–Kier alpha value is -0.930. The van der Waals surface area contributed by atoms with Crippen molar-refractivity contribution in [2.75, 3.05) is 7.11 Å². The quantitative estimate of drug-likeness (QED) is 0.522. The van der Waals surface area contributed by atoms with Crippen molar-refractivity contribution in [3.63, 3.8) is 0 Å². The SMILES string of the molecule is COC1(O)C=CC=CC1=O. The fourth-order valence-electron chi connectivity index (χ4n) is 0.699. The largest absolute Gasteiger partial charge is 0.356 e. The number of hydrogen-bond donors (Lipinski definition) is 1. The lowest BCUT2D eigenvalue weighted by atomic mass is 10.1. The first kappa shape index (κ1) is 7.18. The highest BCUT2D eigenvalue weighted by molar-refractivity contribution is 5.98. The Balaban J connectivity index is 2.88. The standard InChI is InChI=1S/C7H8O3/c1-10-7(9)5-3-2-4-6(7)8/h2-5,9H,1H3. The first-order valence-corrected chi connectivity index (χ1v) is 2.87. The molecule has 0 spiro atoms. The molecule has 3 nitrogen and oxygen atoms in total. The Bertz CT molecular complexity index is 205. The molecular formula is C7H8O3. The molecule has 0 amide bonds. The van der Waals surface area contributed by atoms with Gasteiger partial charge in [-0.15, -0.1) is 0 Å². The van der Waals surface area contributed by atoms with Crippen molar-refractivity contribution in [3.8, 4) is 0 Å². The predicted molar refractivity (Wildman–Crippen MR) is 35.2 cm³/mol. The minimum absolute atomic E-state index is 0.447. The van der Waals surface area contributed by atoms with Gasteiger partial charge in [-0.1, -0.05) is 12.2 Å². The fourth-order valence-corrected chi connectivity index (χ4v) is 0.699. The van der Waals surface area contributed by atoms with Crippen LogP contribution >= 0.6 is 0 Å². The molecule has 0 bridgehead atoms. The lowest BCUT2D eigenvalue weighted by molar-refractivity contribution is -0.170. The van der Waals surface area contributed by atoms with E-state index in [1.54, 1.807) is 12.2 Å². The van der Waals surface area contributed by atoms with Gasteiger partial charge in [-0.3, -0.25) is 4.79 Å². The minimum Gasteiger partial charge on any atom is -0.356 e. The molecule has 10 heavy (non-hydrogen) atoms. The second-order valence-corrected chi connectivity index (χ2v) is 1.98. The average molecular weight is 140 g/mol. The molecule has 1 N–H and O–H groups in total. The average Bonchev–Trinajstić information content (AvgIpc) is 1.96. The number of carbonyl (C=O) groups excluding carboxylic acids is 1. The third kappa shape index (κ3) is 1.01. The normalized spacial score (nSPS) is 31.2. The molecule has 3 heteroatoms. The molecule has 0 aromatic carbocycles. The lowest BCUT2D eigenvalue weighted by Gasteiger charge is -2.20. The molecule has 1 aliphatic rings. The van der Waals surface area contributed by atoms with E-state index >= 15 is 0 Å². The van der Waals surface area contributed by atoms with Crippen molar-refractivity contribution in [2.24, 2.45) is 0 Å². The predicted octanol–water partition coefficient (Wildman–Crippen LogP) is 0.0165. The lowest BCUT2D eigenvalue weighted by Crippen LogP contribution is -2.38. The molecular weight excluding hydrogens is 132 g/mol. The second-order valence-electron chi connectivity index (χ2n) is 1.98. The van der Waals surface area contributed by atoms with Gasteiger partial charge in [0.15, 0.2) is 0 Å². The zero-order valence-corrected chi connectivity index (χ0v) is 5.57. The van der Waals surface area contributed by atoms with Crippen molar-refractivity contribution < 1.29 is 14.6 Å². The van der Waals surface area contributed by atoms with Gasteiger partial charge in [-0.05, 0) is 12.2 Å². The summed E-state index contributed by atoms with van der Waals surface area (Å²) in [5, 5.41) is 9.24. The number of methoxy groups -OCH3 is 1. The number of hydrogen-bond acceptors (Lipinski definition) is 3. The van der Waals surface area contributed by atoms with Gasteiger partial charge in [0.1, 0.15) is 0 Å². The number of ether oxygens (including phenoxy) is 1. The van der Waals surface area contributed by atoms with Crippen molar-refractivity contribution in [1.29, 1.82) is 0 Å². The van der Waals surface area contributed by atoms with Gasteiger partial charge in [0.25, 0.3) is 5.79 Å². The van der Waals surface area contributed by atoms with Crippen LogP contribution in [0.3, 0.4) is 0 Å². The van der Waals surface area contributed by atoms with Gasteiger partial charge in [-0.2, -0.15) is 0 Å². The molecule has 1 unspecified atom stereocenters. The summed E-state index contributed by atoms with van der Waals surface area (Å²) in [6.07, 6.45) is 5.68. The van der Waals surface area contributed by atoms with Crippen LogP contribution in [0.15, 0.2) is 24.3 Å². The summed E-state index contributed by atoms with van der Waals surface area (Å²) < 4.78 is 4.56. The van der Waals surface area contributed by atoms with Crippen LogP contribution in [0.2, 0.25) is 0 Å². The highest BCUT2D eigenvalue weighted by Gasteiger charge is 2.31. The Kier molecular flexibility index (Phi) is 1.70. The smallest absolute Gasteiger partial charge is 0.251 e. The van der Waals surface area contributed by atoms with E-state index in [4.69, 9.17) is 0 Å². The van der Waals surface area contributed by atoms with Crippen LogP contribution in [0.4, 0.5) is 0 Å². The van der Waals surface area contributed by atoms with Crippen LogP contribution in [0.25, 0.3) is 0 Å². The molecule has 0 heterocycles. The molecule has 1 aliphatic carbocycles. The Morgan fingerprint density at radius 1 is 1.60 bits per heavy atom. The van der Waals surface area contributed by atoms with Crippen molar-refractivity contribution in [3.05, 3.63) is 24.3 Å². The second kappa shape index (κ2) is 2.36. The monoisotopic (exact) mass is 140 g/mol. The number of carbonyl (C=O) groups is 1. The number of allylic oxidation sites excluding steroid dienone is 2. The first-order valence-electron chi connectivity index (χ1n) is 2.87. The summed E-state index contributed by atoms with van der Waals surface area (Å²) in [5.41, 5.74) is 0. The van der Waals surface area contributed by atoms with E-state index in [2.05, 4.69) is 4.74 Å². The van der Waals surface area contributed by atoms with E-state index in [0.29, 0.717) is 0 Å². The summed E-state index contributed by atoms with van der Waals surface area (Å²) in [6.45, 7) is 0. The van der Waals surface area contributed by atoms with Crippen LogP contribution < -0.4 is 0 Å². The molecule has 0 aromatic heterocycles. The third-order valence-corrected chi connectivity index (χ3v) is 1.35. The van der Waals surface area contributed by atoms with Gasteiger partial charge in [-0.25, -0.2) is 0 Å². The van der Waals surface area contributed by atoms with Gasteiger partial charge in [0, 0.05) is 7.11 Å². The Labute approximate surface area is 58.6 Å². The highest BCUT2D eigenvalue weighted by atomic mass is 16.6. The van der Waals surface area contributed by atoms with E-state index in [1.807, 2.05) is 0 Å². The molecule has 0 fully saturated rings. The number of aliphatic hydroxyl groups is 1. The van der Waals surface area contributed by atoms with E-state index in [-0.39, 0.29) is 0 Å². The topological polar surface area (TPSA) is 46.5 Å². The van der Waals surface area contributed by atoms with Crippen LogP contribution in [-0.2, 0) is 9.53 Å². The van der Waals surface area contributed by atoms with Crippen molar-refractivity contribution in [2.45, 2.75) is 5.79 Å². The number of ketones is 1. The van der Waals surface area contributed by atoms with E-state index in [1.165, 1.54) is 19.3 Å². The Morgan fingerprint density at radius 3 is 2.70 bits per heavy atom. The van der Waals surface area contributed by atoms with E-state index in [9.17, 15) is 9.90 Å². The van der Waals surface area contributed by atoms with Crippen molar-refractivity contribution >= 4 is 5.78 Å². The molecule has 0 aromatic rings. The van der Waals surface area contributed by atoms with Gasteiger partial charge in [0.2, 0.25) is 5.78 Å². The molecule has 54 valence electrons. The maximum atomic E-state index is 10.8. The van der Waals surface area contributed by atoms with Crippen LogP contribution in [0.1, 0.15) is 0 Å². The van der Waals surface area contributed by atoms with E-state index < -0.39 is 11.6 Å².